The molecule has 0 aliphatic carbocycles. The number of carbonyl (C=O) groups excluding carboxylic acids is 1. The Morgan fingerprint density at radius 2 is 1.78 bits per heavy atom. The van der Waals surface area contributed by atoms with Crippen LogP contribution >= 0.6 is 11.6 Å². The Bertz CT molecular complexity index is 925. The van der Waals surface area contributed by atoms with E-state index < -0.39 is 21.4 Å². The summed E-state index contributed by atoms with van der Waals surface area (Å²) in [5, 5.41) is 2.78. The zero-order chi connectivity index (χ0) is 20.2. The summed E-state index contributed by atoms with van der Waals surface area (Å²) in [6, 6.07) is 8.78. The molecule has 0 heterocycles. The first-order valence-corrected chi connectivity index (χ1v) is 9.84. The van der Waals surface area contributed by atoms with Gasteiger partial charge in [-0.1, -0.05) is 11.6 Å². The monoisotopic (exact) mass is 414 g/mol. The van der Waals surface area contributed by atoms with Crippen molar-refractivity contribution in [3.05, 3.63) is 53.3 Å². The molecule has 1 amide bonds. The molecule has 0 atom stereocenters. The molecule has 0 saturated carbocycles. The normalized spacial score (nSPS) is 11.7. The van der Waals surface area contributed by atoms with Gasteiger partial charge in [0.2, 0.25) is 0 Å². The number of sulfonamides is 1. The van der Waals surface area contributed by atoms with Crippen LogP contribution in [0, 0.1) is 5.82 Å². The van der Waals surface area contributed by atoms with Crippen LogP contribution in [0.15, 0.2) is 47.4 Å². The van der Waals surface area contributed by atoms with Crippen molar-refractivity contribution < 1.29 is 22.3 Å². The van der Waals surface area contributed by atoms with Gasteiger partial charge in [0, 0.05) is 11.2 Å². The zero-order valence-electron chi connectivity index (χ0n) is 15.0. The summed E-state index contributed by atoms with van der Waals surface area (Å²) in [4.78, 5) is 11.7. The van der Waals surface area contributed by atoms with E-state index in [4.69, 9.17) is 16.3 Å². The number of anilines is 1. The molecule has 0 bridgehead atoms. The van der Waals surface area contributed by atoms with E-state index in [0.29, 0.717) is 0 Å². The highest BCUT2D eigenvalue weighted by molar-refractivity contribution is 7.92. The molecule has 2 N–H and O–H groups in total. The molecule has 9 heteroatoms. The van der Waals surface area contributed by atoms with E-state index in [2.05, 4.69) is 10.0 Å². The number of carbonyl (C=O) groups is 1. The van der Waals surface area contributed by atoms with Gasteiger partial charge in [-0.15, -0.1) is 0 Å². The van der Waals surface area contributed by atoms with E-state index in [-0.39, 0.29) is 33.9 Å². The topological polar surface area (TPSA) is 84.5 Å². The Labute approximate surface area is 162 Å². The van der Waals surface area contributed by atoms with E-state index in [1.165, 1.54) is 30.3 Å². The van der Waals surface area contributed by atoms with Gasteiger partial charge in [-0.2, -0.15) is 0 Å². The summed E-state index contributed by atoms with van der Waals surface area (Å²) < 4.78 is 45.4. The molecule has 0 aliphatic heterocycles. The quantitative estimate of drug-likeness (QED) is 0.756. The molecule has 27 heavy (non-hydrogen) atoms. The maximum Gasteiger partial charge on any atom is 0.261 e. The molecule has 146 valence electrons. The van der Waals surface area contributed by atoms with Gasteiger partial charge in [0.05, 0.1) is 9.92 Å². The van der Waals surface area contributed by atoms with Crippen molar-refractivity contribution in [2.75, 3.05) is 11.3 Å². The van der Waals surface area contributed by atoms with Gasteiger partial charge in [0.1, 0.15) is 11.6 Å². The Hall–Kier alpha value is -2.32. The Morgan fingerprint density at radius 1 is 1.15 bits per heavy atom. The third kappa shape index (κ3) is 6.41. The average Bonchev–Trinajstić information content (AvgIpc) is 2.54. The number of ether oxygens (including phenoxy) is 1. The molecule has 0 aromatic heterocycles. The summed E-state index contributed by atoms with van der Waals surface area (Å²) in [6.07, 6.45) is 0. The minimum Gasteiger partial charge on any atom is -0.482 e. The standard InChI is InChI=1S/C18H20ClFN2O4S/c1-18(2,3)21-17(23)11-26-16-9-8-14(10-15(16)19)27(24,25)22-13-6-4-12(20)5-7-13/h4-10,22H,11H2,1-3H3,(H,21,23). The minimum absolute atomic E-state index is 0.0422. The number of hydrogen-bond acceptors (Lipinski definition) is 4. The molecule has 2 aromatic rings. The number of amides is 1. The Morgan fingerprint density at radius 3 is 2.33 bits per heavy atom. The molecule has 0 saturated heterocycles. The molecule has 0 unspecified atom stereocenters. The Balaban J connectivity index is 2.08. The van der Waals surface area contributed by atoms with Gasteiger partial charge in [0.15, 0.2) is 6.61 Å². The van der Waals surface area contributed by atoms with Crippen molar-refractivity contribution in [2.24, 2.45) is 0 Å². The summed E-state index contributed by atoms with van der Waals surface area (Å²) in [5.74, 6) is -0.618. The summed E-state index contributed by atoms with van der Waals surface area (Å²) in [7, 11) is -3.91. The first kappa shape index (κ1) is 21.0. The largest absolute Gasteiger partial charge is 0.482 e. The van der Waals surface area contributed by atoms with E-state index >= 15 is 0 Å². The lowest BCUT2D eigenvalue weighted by Crippen LogP contribution is -2.43. The van der Waals surface area contributed by atoms with Crippen molar-refractivity contribution in [1.82, 2.24) is 5.32 Å². The molecule has 2 aromatic carbocycles. The first-order valence-electron chi connectivity index (χ1n) is 7.98. The number of benzene rings is 2. The van der Waals surface area contributed by atoms with Crippen LogP contribution in [0.1, 0.15) is 20.8 Å². The maximum absolute atomic E-state index is 12.9. The second-order valence-electron chi connectivity index (χ2n) is 6.79. The third-order valence-electron chi connectivity index (χ3n) is 3.18. The van der Waals surface area contributed by atoms with Gasteiger partial charge in [-0.05, 0) is 63.2 Å². The van der Waals surface area contributed by atoms with Crippen LogP contribution in [0.25, 0.3) is 0 Å². The van der Waals surface area contributed by atoms with Crippen molar-refractivity contribution in [1.29, 1.82) is 0 Å². The lowest BCUT2D eigenvalue weighted by atomic mass is 10.1. The molecular weight excluding hydrogens is 395 g/mol. The molecule has 6 nitrogen and oxygen atoms in total. The smallest absolute Gasteiger partial charge is 0.261 e. The van der Waals surface area contributed by atoms with Crippen LogP contribution in [0.2, 0.25) is 5.02 Å². The van der Waals surface area contributed by atoms with Gasteiger partial charge in [-0.25, -0.2) is 12.8 Å². The highest BCUT2D eigenvalue weighted by atomic mass is 35.5. The third-order valence-corrected chi connectivity index (χ3v) is 4.86. The number of hydrogen-bond donors (Lipinski definition) is 2. The minimum atomic E-state index is -3.91. The van der Waals surface area contributed by atoms with Crippen molar-refractivity contribution in [2.45, 2.75) is 31.2 Å². The molecule has 0 aliphatic rings. The van der Waals surface area contributed by atoms with Crippen molar-refractivity contribution in [3.8, 4) is 5.75 Å². The predicted octanol–water partition coefficient (Wildman–Crippen LogP) is 3.57. The summed E-state index contributed by atoms with van der Waals surface area (Å²) in [5.41, 5.74) is -0.180. The molecule has 0 radical (unpaired) electrons. The van der Waals surface area contributed by atoms with Crippen LogP contribution in [0.5, 0.6) is 5.75 Å². The fraction of sp³-hybridized carbons (Fsp3) is 0.278. The second kappa shape index (κ2) is 8.14. The second-order valence-corrected chi connectivity index (χ2v) is 8.88. The van der Waals surface area contributed by atoms with Crippen LogP contribution in [0.3, 0.4) is 0 Å². The van der Waals surface area contributed by atoms with Gasteiger partial charge in [-0.3, -0.25) is 9.52 Å². The molecule has 2 rings (SSSR count). The van der Waals surface area contributed by atoms with Crippen LogP contribution in [-0.2, 0) is 14.8 Å². The lowest BCUT2D eigenvalue weighted by molar-refractivity contribution is -0.124. The van der Waals surface area contributed by atoms with Gasteiger partial charge < -0.3 is 10.1 Å². The highest BCUT2D eigenvalue weighted by Gasteiger charge is 2.18. The summed E-state index contributed by atoms with van der Waals surface area (Å²) in [6.45, 7) is 5.26. The van der Waals surface area contributed by atoms with E-state index in [9.17, 15) is 17.6 Å². The van der Waals surface area contributed by atoms with Gasteiger partial charge >= 0.3 is 0 Å². The Kier molecular flexibility index (Phi) is 6.33. The zero-order valence-corrected chi connectivity index (χ0v) is 16.6. The van der Waals surface area contributed by atoms with Crippen LogP contribution < -0.4 is 14.8 Å². The molecule has 0 spiro atoms. The number of rotatable bonds is 6. The fourth-order valence-corrected chi connectivity index (χ4v) is 3.48. The first-order chi connectivity index (χ1) is 12.5. The van der Waals surface area contributed by atoms with Gasteiger partial charge in [0.25, 0.3) is 15.9 Å². The summed E-state index contributed by atoms with van der Waals surface area (Å²) >= 11 is 6.08. The fourth-order valence-electron chi connectivity index (χ4n) is 2.10. The van der Waals surface area contributed by atoms with Crippen molar-refractivity contribution >= 4 is 33.2 Å². The SMILES string of the molecule is CC(C)(C)NC(=O)COc1ccc(S(=O)(=O)Nc2ccc(F)cc2)cc1Cl. The predicted molar refractivity (Wildman–Crippen MR) is 102 cm³/mol. The van der Waals surface area contributed by atoms with E-state index in [1.807, 2.05) is 20.8 Å². The number of halogens is 2. The number of nitrogens with one attached hydrogen (secondary N) is 2. The van der Waals surface area contributed by atoms with Crippen LogP contribution in [-0.4, -0.2) is 26.5 Å². The van der Waals surface area contributed by atoms with Crippen molar-refractivity contribution in [3.63, 3.8) is 0 Å². The van der Waals surface area contributed by atoms with Crippen LogP contribution in [0.4, 0.5) is 10.1 Å². The van der Waals surface area contributed by atoms with E-state index in [0.717, 1.165) is 12.1 Å². The average molecular weight is 415 g/mol. The molecule has 0 fully saturated rings. The highest BCUT2D eigenvalue weighted by Crippen LogP contribution is 2.28. The maximum atomic E-state index is 12.9. The lowest BCUT2D eigenvalue weighted by Gasteiger charge is -2.20. The van der Waals surface area contributed by atoms with E-state index in [1.54, 1.807) is 0 Å². The molecular formula is C18H20ClFN2O4S.